The van der Waals surface area contributed by atoms with E-state index in [0.717, 1.165) is 48.3 Å². The summed E-state index contributed by atoms with van der Waals surface area (Å²) < 4.78 is 13.6. The van der Waals surface area contributed by atoms with Crippen LogP contribution >= 0.6 is 24.2 Å². The predicted molar refractivity (Wildman–Crippen MR) is 101 cm³/mol. The Morgan fingerprint density at radius 1 is 1.20 bits per heavy atom. The number of carbonyl (C=O) groups excluding carboxylic acids is 1. The van der Waals surface area contributed by atoms with Gasteiger partial charge in [-0.3, -0.25) is 4.79 Å². The van der Waals surface area contributed by atoms with Crippen LogP contribution in [0, 0.1) is 23.6 Å². The van der Waals surface area contributed by atoms with Crippen molar-refractivity contribution in [2.24, 2.45) is 23.5 Å². The van der Waals surface area contributed by atoms with Gasteiger partial charge in [0, 0.05) is 22.6 Å². The van der Waals surface area contributed by atoms with E-state index in [0.29, 0.717) is 11.8 Å². The van der Waals surface area contributed by atoms with Crippen molar-refractivity contribution in [3.63, 3.8) is 0 Å². The Hall–Kier alpha value is -0.780. The molecule has 2 bridgehead atoms. The fourth-order valence-electron chi connectivity index (χ4n) is 4.81. The number of nitrogens with two attached hydrogens (primary N) is 1. The fraction of sp³-hybridized carbons (Fsp3) is 0.632. The summed E-state index contributed by atoms with van der Waals surface area (Å²) in [6.07, 6.45) is 6.28. The molecule has 25 heavy (non-hydrogen) atoms. The number of benzene rings is 1. The van der Waals surface area contributed by atoms with Crippen LogP contribution in [0.3, 0.4) is 0 Å². The molecule has 1 aliphatic heterocycles. The van der Waals surface area contributed by atoms with Crippen molar-refractivity contribution in [1.29, 1.82) is 0 Å². The maximum atomic E-state index is 13.6. The highest BCUT2D eigenvalue weighted by Gasteiger charge is 2.41. The van der Waals surface area contributed by atoms with Crippen LogP contribution in [0.5, 0.6) is 0 Å². The van der Waals surface area contributed by atoms with Crippen LogP contribution in [-0.2, 0) is 4.79 Å². The van der Waals surface area contributed by atoms with Gasteiger partial charge in [0.05, 0.1) is 6.04 Å². The van der Waals surface area contributed by atoms with Gasteiger partial charge in [0.15, 0.2) is 0 Å². The van der Waals surface area contributed by atoms with Crippen LogP contribution < -0.4 is 11.1 Å². The first kappa shape index (κ1) is 19.0. The molecule has 0 radical (unpaired) electrons. The number of rotatable bonds is 2. The summed E-state index contributed by atoms with van der Waals surface area (Å²) in [5, 5.41) is 3.22. The second-order valence-electron chi connectivity index (χ2n) is 7.58. The average Bonchev–Trinajstić information content (AvgIpc) is 2.55. The highest BCUT2D eigenvalue weighted by atomic mass is 35.5. The molecule has 3 aliphatic rings. The van der Waals surface area contributed by atoms with Crippen LogP contribution in [0.15, 0.2) is 23.1 Å². The maximum absolute atomic E-state index is 13.6. The number of carbonyl (C=O) groups is 1. The largest absolute Gasteiger partial charge is 0.349 e. The van der Waals surface area contributed by atoms with Gasteiger partial charge in [0.25, 0.3) is 0 Å². The van der Waals surface area contributed by atoms with Gasteiger partial charge in [-0.05, 0) is 67.7 Å². The molecule has 0 aromatic heterocycles. The normalized spacial score (nSPS) is 33.8. The molecule has 1 aromatic rings. The van der Waals surface area contributed by atoms with E-state index in [1.54, 1.807) is 17.8 Å². The summed E-state index contributed by atoms with van der Waals surface area (Å²) in [5.41, 5.74) is 7.27. The topological polar surface area (TPSA) is 55.1 Å². The summed E-state index contributed by atoms with van der Waals surface area (Å²) in [6.45, 7) is 0. The van der Waals surface area contributed by atoms with Gasteiger partial charge < -0.3 is 11.1 Å². The van der Waals surface area contributed by atoms with Crippen molar-refractivity contribution in [2.75, 3.05) is 5.75 Å². The predicted octanol–water partition coefficient (Wildman–Crippen LogP) is 4.05. The quantitative estimate of drug-likeness (QED) is 0.808. The van der Waals surface area contributed by atoms with Gasteiger partial charge in [-0.2, -0.15) is 0 Å². The van der Waals surface area contributed by atoms with E-state index in [-0.39, 0.29) is 42.1 Å². The van der Waals surface area contributed by atoms with E-state index in [1.807, 2.05) is 6.07 Å². The van der Waals surface area contributed by atoms with E-state index < -0.39 is 0 Å². The second kappa shape index (κ2) is 7.85. The minimum atomic E-state index is -0.228. The number of amides is 1. The minimum Gasteiger partial charge on any atom is -0.349 e. The molecule has 1 aromatic carbocycles. The molecule has 138 valence electrons. The van der Waals surface area contributed by atoms with Gasteiger partial charge in [0.1, 0.15) is 5.82 Å². The van der Waals surface area contributed by atoms with E-state index in [2.05, 4.69) is 5.32 Å². The molecule has 6 heteroatoms. The molecule has 3 nitrogen and oxygen atoms in total. The van der Waals surface area contributed by atoms with Crippen molar-refractivity contribution in [2.45, 2.75) is 55.5 Å². The lowest BCUT2D eigenvalue weighted by Crippen LogP contribution is -2.49. The molecule has 3 N–H and O–H groups in total. The van der Waals surface area contributed by atoms with Gasteiger partial charge in [-0.25, -0.2) is 4.39 Å². The summed E-state index contributed by atoms with van der Waals surface area (Å²) in [5.74, 6) is 1.95. The van der Waals surface area contributed by atoms with Crippen LogP contribution in [0.4, 0.5) is 4.39 Å². The fourth-order valence-corrected chi connectivity index (χ4v) is 5.91. The van der Waals surface area contributed by atoms with E-state index in [9.17, 15) is 9.18 Å². The van der Waals surface area contributed by atoms with Crippen LogP contribution in [0.25, 0.3) is 0 Å². The maximum Gasteiger partial charge on any atom is 0.223 e. The highest BCUT2D eigenvalue weighted by Crippen LogP contribution is 2.42. The number of thioether (sulfide) groups is 1. The molecule has 1 amide bonds. The molecule has 4 rings (SSSR count). The Balaban J connectivity index is 0.00000182. The smallest absolute Gasteiger partial charge is 0.223 e. The molecule has 2 fully saturated rings. The molecule has 0 saturated heterocycles. The lowest BCUT2D eigenvalue weighted by Gasteiger charge is -2.43. The summed E-state index contributed by atoms with van der Waals surface area (Å²) >= 11 is 1.74. The third kappa shape index (κ3) is 3.83. The lowest BCUT2D eigenvalue weighted by atomic mass is 9.65. The average molecular weight is 385 g/mol. The molecule has 0 spiro atoms. The van der Waals surface area contributed by atoms with Gasteiger partial charge in [0.2, 0.25) is 5.91 Å². The second-order valence-corrected chi connectivity index (χ2v) is 8.71. The Kier molecular flexibility index (Phi) is 5.96. The van der Waals surface area contributed by atoms with E-state index in [4.69, 9.17) is 5.73 Å². The zero-order chi connectivity index (χ0) is 16.7. The summed E-state index contributed by atoms with van der Waals surface area (Å²) in [7, 11) is 0. The first-order valence-electron chi connectivity index (χ1n) is 9.10. The van der Waals surface area contributed by atoms with Crippen molar-refractivity contribution < 1.29 is 9.18 Å². The first-order chi connectivity index (χ1) is 11.6. The molecular weight excluding hydrogens is 359 g/mol. The minimum absolute atomic E-state index is 0. The summed E-state index contributed by atoms with van der Waals surface area (Å²) in [4.78, 5) is 13.9. The number of halogens is 2. The third-order valence-electron chi connectivity index (χ3n) is 6.11. The molecule has 2 aliphatic carbocycles. The molecule has 1 heterocycles. The molecule has 3 atom stereocenters. The Morgan fingerprint density at radius 2 is 1.92 bits per heavy atom. The van der Waals surface area contributed by atoms with E-state index >= 15 is 0 Å². The van der Waals surface area contributed by atoms with Crippen molar-refractivity contribution in [1.82, 2.24) is 5.32 Å². The SMILES string of the molecule is Cl.NC1C2CCCC1CC(C(=O)NC1CCSc3ccc(F)cc31)C2. The van der Waals surface area contributed by atoms with Crippen molar-refractivity contribution in [3.05, 3.63) is 29.6 Å². The van der Waals surface area contributed by atoms with E-state index in [1.165, 1.54) is 12.5 Å². The van der Waals surface area contributed by atoms with Crippen LogP contribution in [-0.4, -0.2) is 17.7 Å². The zero-order valence-electron chi connectivity index (χ0n) is 14.2. The van der Waals surface area contributed by atoms with Gasteiger partial charge >= 0.3 is 0 Å². The number of fused-ring (bicyclic) bond motifs is 3. The van der Waals surface area contributed by atoms with Crippen LogP contribution in [0.1, 0.15) is 50.1 Å². The van der Waals surface area contributed by atoms with Gasteiger partial charge in [-0.15, -0.1) is 24.2 Å². The zero-order valence-corrected chi connectivity index (χ0v) is 15.9. The lowest BCUT2D eigenvalue weighted by molar-refractivity contribution is -0.128. The Bertz CT molecular complexity index is 630. The van der Waals surface area contributed by atoms with Gasteiger partial charge in [-0.1, -0.05) is 6.42 Å². The van der Waals surface area contributed by atoms with Crippen molar-refractivity contribution in [3.8, 4) is 0 Å². The molecule has 2 saturated carbocycles. The summed E-state index contributed by atoms with van der Waals surface area (Å²) in [6, 6.07) is 5.14. The van der Waals surface area contributed by atoms with Crippen molar-refractivity contribution >= 4 is 30.1 Å². The number of hydrogen-bond acceptors (Lipinski definition) is 3. The molecule has 3 unspecified atom stereocenters. The number of nitrogens with one attached hydrogen (secondary N) is 1. The standard InChI is InChI=1S/C19H25FN2OS.ClH/c20-14-4-5-17-15(10-14)16(6-7-24-17)22-19(23)13-8-11-2-1-3-12(9-13)18(11)21;/h4-5,10-13,16,18H,1-3,6-9,21H2,(H,22,23);1H. The first-order valence-corrected chi connectivity index (χ1v) is 10.1. The van der Waals surface area contributed by atoms with Crippen LogP contribution in [0.2, 0.25) is 0 Å². The monoisotopic (exact) mass is 384 g/mol. The molecular formula is C19H26ClFN2OS. The highest BCUT2D eigenvalue weighted by molar-refractivity contribution is 7.99. The Morgan fingerprint density at radius 3 is 2.64 bits per heavy atom. The third-order valence-corrected chi connectivity index (χ3v) is 7.23. The number of hydrogen-bond donors (Lipinski definition) is 2. The Labute approximate surface area is 159 Å².